The largest absolute Gasteiger partial charge is 0.370 e. The first-order valence-corrected chi connectivity index (χ1v) is 7.70. The molecular formula is C15H17BrClN3. The van der Waals surface area contributed by atoms with Gasteiger partial charge in [-0.05, 0) is 53.0 Å². The van der Waals surface area contributed by atoms with Gasteiger partial charge in [0.05, 0.1) is 5.69 Å². The Labute approximate surface area is 132 Å². The van der Waals surface area contributed by atoms with Crippen LogP contribution >= 0.6 is 27.5 Å². The van der Waals surface area contributed by atoms with Crippen molar-refractivity contribution < 1.29 is 0 Å². The third-order valence-electron chi connectivity index (χ3n) is 2.84. The molecule has 0 aliphatic rings. The van der Waals surface area contributed by atoms with Crippen molar-refractivity contribution in [3.63, 3.8) is 0 Å². The number of aryl methyl sites for hydroxylation is 1. The molecule has 0 saturated heterocycles. The van der Waals surface area contributed by atoms with E-state index in [4.69, 9.17) is 11.6 Å². The number of benzene rings is 1. The molecule has 20 heavy (non-hydrogen) atoms. The molecule has 2 N–H and O–H groups in total. The summed E-state index contributed by atoms with van der Waals surface area (Å²) in [5.41, 5.74) is 2.96. The Kier molecular flexibility index (Phi) is 5.26. The molecule has 1 aromatic carbocycles. The molecule has 5 heteroatoms. The van der Waals surface area contributed by atoms with Crippen LogP contribution in [0.5, 0.6) is 0 Å². The number of pyridine rings is 1. The zero-order valence-corrected chi connectivity index (χ0v) is 13.8. The highest BCUT2D eigenvalue weighted by Gasteiger charge is 2.05. The fraction of sp³-hybridized carbons (Fsp3) is 0.267. The Morgan fingerprint density at radius 1 is 1.30 bits per heavy atom. The summed E-state index contributed by atoms with van der Waals surface area (Å²) in [7, 11) is 0. The Bertz CT molecular complexity index is 602. The van der Waals surface area contributed by atoms with Gasteiger partial charge in [-0.3, -0.25) is 0 Å². The number of anilines is 3. The van der Waals surface area contributed by atoms with E-state index in [2.05, 4.69) is 38.5 Å². The highest BCUT2D eigenvalue weighted by molar-refractivity contribution is 9.10. The summed E-state index contributed by atoms with van der Waals surface area (Å²) in [6.45, 7) is 5.02. The number of nitrogens with zero attached hydrogens (tertiary/aromatic N) is 1. The minimum absolute atomic E-state index is 0.745. The lowest BCUT2D eigenvalue weighted by atomic mass is 10.2. The normalized spacial score (nSPS) is 10.4. The van der Waals surface area contributed by atoms with Crippen LogP contribution in [0.15, 0.2) is 34.9 Å². The van der Waals surface area contributed by atoms with E-state index in [0.717, 1.165) is 45.2 Å². The smallest absolute Gasteiger partial charge is 0.127 e. The summed E-state index contributed by atoms with van der Waals surface area (Å²) in [5, 5.41) is 7.36. The highest BCUT2D eigenvalue weighted by atomic mass is 79.9. The van der Waals surface area contributed by atoms with Crippen LogP contribution in [-0.4, -0.2) is 11.5 Å². The zero-order chi connectivity index (χ0) is 14.5. The first-order chi connectivity index (χ1) is 9.60. The molecule has 0 aliphatic carbocycles. The quantitative estimate of drug-likeness (QED) is 0.757. The van der Waals surface area contributed by atoms with Gasteiger partial charge < -0.3 is 10.6 Å². The van der Waals surface area contributed by atoms with E-state index < -0.39 is 0 Å². The lowest BCUT2D eigenvalue weighted by molar-refractivity contribution is 0.969. The predicted octanol–water partition coefficient (Wildman–Crippen LogP) is 5.37. The molecule has 2 aromatic rings. The fourth-order valence-corrected chi connectivity index (χ4v) is 2.48. The standard InChI is InChI=1S/C15H17BrClN3/c1-3-5-18-15-8-11(4-6-19-15)20-14-9-13(17)10(2)7-12(14)16/h4,6-9H,3,5H2,1-2H3,(H2,18,19,20). The molecule has 0 radical (unpaired) electrons. The van der Waals surface area contributed by atoms with E-state index >= 15 is 0 Å². The maximum Gasteiger partial charge on any atom is 0.127 e. The molecule has 2 rings (SSSR count). The van der Waals surface area contributed by atoms with E-state index in [1.165, 1.54) is 0 Å². The van der Waals surface area contributed by atoms with Gasteiger partial charge in [0.1, 0.15) is 5.82 Å². The monoisotopic (exact) mass is 353 g/mol. The van der Waals surface area contributed by atoms with Crippen molar-refractivity contribution in [3.05, 3.63) is 45.5 Å². The topological polar surface area (TPSA) is 37.0 Å². The third-order valence-corrected chi connectivity index (χ3v) is 3.91. The summed E-state index contributed by atoms with van der Waals surface area (Å²) < 4.78 is 0.985. The molecule has 1 aromatic heterocycles. The molecule has 1 heterocycles. The molecule has 0 spiro atoms. The van der Waals surface area contributed by atoms with Crippen LogP contribution in [0.3, 0.4) is 0 Å². The molecule has 0 unspecified atom stereocenters. The molecule has 0 atom stereocenters. The number of aromatic nitrogens is 1. The van der Waals surface area contributed by atoms with Crippen molar-refractivity contribution in [2.75, 3.05) is 17.2 Å². The fourth-order valence-electron chi connectivity index (χ4n) is 1.76. The number of hydrogen-bond donors (Lipinski definition) is 2. The summed E-state index contributed by atoms with van der Waals surface area (Å²) in [6.07, 6.45) is 2.85. The van der Waals surface area contributed by atoms with Crippen LogP contribution in [0.2, 0.25) is 5.02 Å². The van der Waals surface area contributed by atoms with Gasteiger partial charge in [-0.2, -0.15) is 0 Å². The molecule has 3 nitrogen and oxygen atoms in total. The van der Waals surface area contributed by atoms with Gasteiger partial charge in [0.15, 0.2) is 0 Å². The van der Waals surface area contributed by atoms with E-state index in [0.29, 0.717) is 0 Å². The second kappa shape index (κ2) is 6.95. The van der Waals surface area contributed by atoms with Crippen LogP contribution in [0.1, 0.15) is 18.9 Å². The van der Waals surface area contributed by atoms with Gasteiger partial charge >= 0.3 is 0 Å². The summed E-state index contributed by atoms with van der Waals surface area (Å²) in [4.78, 5) is 4.28. The minimum Gasteiger partial charge on any atom is -0.370 e. The Morgan fingerprint density at radius 2 is 2.10 bits per heavy atom. The van der Waals surface area contributed by atoms with Crippen LogP contribution in [0.4, 0.5) is 17.2 Å². The van der Waals surface area contributed by atoms with Gasteiger partial charge in [-0.25, -0.2) is 4.98 Å². The van der Waals surface area contributed by atoms with E-state index in [1.54, 1.807) is 6.20 Å². The number of nitrogens with one attached hydrogen (secondary N) is 2. The maximum atomic E-state index is 6.17. The van der Waals surface area contributed by atoms with Crippen LogP contribution in [0.25, 0.3) is 0 Å². The Morgan fingerprint density at radius 3 is 2.85 bits per heavy atom. The number of rotatable bonds is 5. The van der Waals surface area contributed by atoms with E-state index in [-0.39, 0.29) is 0 Å². The van der Waals surface area contributed by atoms with Gasteiger partial charge in [0.25, 0.3) is 0 Å². The Balaban J connectivity index is 2.19. The number of halogens is 2. The highest BCUT2D eigenvalue weighted by Crippen LogP contribution is 2.31. The molecule has 0 saturated carbocycles. The number of hydrogen-bond acceptors (Lipinski definition) is 3. The van der Waals surface area contributed by atoms with Crippen molar-refractivity contribution in [2.45, 2.75) is 20.3 Å². The van der Waals surface area contributed by atoms with Gasteiger partial charge in [0.2, 0.25) is 0 Å². The van der Waals surface area contributed by atoms with Crippen molar-refractivity contribution >= 4 is 44.7 Å². The van der Waals surface area contributed by atoms with Gasteiger partial charge in [-0.15, -0.1) is 0 Å². The maximum absolute atomic E-state index is 6.17. The molecule has 0 amide bonds. The SMILES string of the molecule is CCCNc1cc(Nc2cc(Cl)c(C)cc2Br)ccn1. The summed E-state index contributed by atoms with van der Waals surface area (Å²) in [6, 6.07) is 7.83. The van der Waals surface area contributed by atoms with Crippen LogP contribution < -0.4 is 10.6 Å². The average Bonchev–Trinajstić information content (AvgIpc) is 2.43. The lowest BCUT2D eigenvalue weighted by Gasteiger charge is -2.12. The first-order valence-electron chi connectivity index (χ1n) is 6.52. The lowest BCUT2D eigenvalue weighted by Crippen LogP contribution is -2.02. The van der Waals surface area contributed by atoms with Gasteiger partial charge in [-0.1, -0.05) is 18.5 Å². The minimum atomic E-state index is 0.745. The van der Waals surface area contributed by atoms with Crippen molar-refractivity contribution in [1.82, 2.24) is 4.98 Å². The molecule has 0 aliphatic heterocycles. The molecule has 106 valence electrons. The van der Waals surface area contributed by atoms with Gasteiger partial charge in [0, 0.05) is 34.0 Å². The van der Waals surface area contributed by atoms with Crippen molar-refractivity contribution in [1.29, 1.82) is 0 Å². The van der Waals surface area contributed by atoms with Crippen molar-refractivity contribution in [2.24, 2.45) is 0 Å². The second-order valence-corrected chi connectivity index (χ2v) is 5.82. The zero-order valence-electron chi connectivity index (χ0n) is 11.5. The molecule has 0 fully saturated rings. The molecular weight excluding hydrogens is 338 g/mol. The summed E-state index contributed by atoms with van der Waals surface area (Å²) in [5.74, 6) is 0.867. The summed E-state index contributed by atoms with van der Waals surface area (Å²) >= 11 is 9.71. The van der Waals surface area contributed by atoms with Crippen LogP contribution in [0, 0.1) is 6.92 Å². The predicted molar refractivity (Wildman–Crippen MR) is 90.2 cm³/mol. The van der Waals surface area contributed by atoms with Crippen molar-refractivity contribution in [3.8, 4) is 0 Å². The molecule has 0 bridgehead atoms. The average molecular weight is 355 g/mol. The Hall–Kier alpha value is -1.26. The third kappa shape index (κ3) is 3.87. The first kappa shape index (κ1) is 15.1. The van der Waals surface area contributed by atoms with E-state index in [9.17, 15) is 0 Å². The second-order valence-electron chi connectivity index (χ2n) is 4.56. The van der Waals surface area contributed by atoms with Crippen LogP contribution in [-0.2, 0) is 0 Å². The van der Waals surface area contributed by atoms with E-state index in [1.807, 2.05) is 31.2 Å².